The van der Waals surface area contributed by atoms with E-state index in [4.69, 9.17) is 35.5 Å². The highest BCUT2D eigenvalue weighted by Crippen LogP contribution is 2.38. The maximum Gasteiger partial charge on any atom is 0.338 e. The average molecular weight is 575 g/mol. The minimum Gasteiger partial charge on any atom is -0.497 e. The largest absolute Gasteiger partial charge is 0.497 e. The van der Waals surface area contributed by atoms with E-state index in [1.807, 2.05) is 48.5 Å². The number of fused-ring (bicyclic) bond motifs is 2. The number of aromatic nitrogens is 1. The quantitative estimate of drug-likeness (QED) is 0.319. The van der Waals surface area contributed by atoms with E-state index in [1.165, 1.54) is 15.9 Å². The van der Waals surface area contributed by atoms with E-state index in [0.29, 0.717) is 48.4 Å². The molecule has 8 nitrogen and oxygen atoms in total. The number of benzene rings is 3. The van der Waals surface area contributed by atoms with E-state index in [-0.39, 0.29) is 24.5 Å². The van der Waals surface area contributed by atoms with Gasteiger partial charge in [0.1, 0.15) is 5.75 Å². The maximum absolute atomic E-state index is 14.0. The molecule has 6 rings (SSSR count). The second-order valence-corrected chi connectivity index (χ2v) is 10.4. The maximum atomic E-state index is 14.0. The van der Waals surface area contributed by atoms with Crippen LogP contribution in [0, 0.1) is 0 Å². The fourth-order valence-corrected chi connectivity index (χ4v) is 5.95. The third kappa shape index (κ3) is 4.57. The molecule has 3 aromatic carbocycles. The Morgan fingerprint density at radius 2 is 1.90 bits per heavy atom. The van der Waals surface area contributed by atoms with Gasteiger partial charge in [0.15, 0.2) is 16.3 Å². The van der Waals surface area contributed by atoms with Crippen molar-refractivity contribution in [3.05, 3.63) is 114 Å². The minimum absolute atomic E-state index is 0.108. The molecule has 0 amide bonds. The number of carbonyl (C=O) groups excluding carboxylic acids is 1. The van der Waals surface area contributed by atoms with Crippen molar-refractivity contribution in [3.63, 3.8) is 0 Å². The van der Waals surface area contributed by atoms with E-state index >= 15 is 0 Å². The number of nitrogens with zero attached hydrogens (tertiary/aromatic N) is 2. The van der Waals surface area contributed by atoms with Gasteiger partial charge in [-0.3, -0.25) is 9.36 Å². The summed E-state index contributed by atoms with van der Waals surface area (Å²) in [6.45, 7) is 2.02. The SMILES string of the molecule is CCOC(=O)C1=C(c2ccccc2)N=c2sc(=Cc3cc4c(cc3Cl)OCO4)c(=O)n2C1c1cccc(OC)c1. The molecule has 0 saturated carbocycles. The summed E-state index contributed by atoms with van der Waals surface area (Å²) >= 11 is 7.73. The number of esters is 1. The smallest absolute Gasteiger partial charge is 0.338 e. The summed E-state index contributed by atoms with van der Waals surface area (Å²) in [5.74, 6) is 1.14. The molecule has 202 valence electrons. The van der Waals surface area contributed by atoms with Crippen LogP contribution in [-0.2, 0) is 9.53 Å². The zero-order valence-electron chi connectivity index (χ0n) is 21.5. The summed E-state index contributed by atoms with van der Waals surface area (Å²) in [5, 5.41) is 0.414. The van der Waals surface area contributed by atoms with Gasteiger partial charge in [-0.15, -0.1) is 0 Å². The summed E-state index contributed by atoms with van der Waals surface area (Å²) in [4.78, 5) is 32.9. The molecule has 2 aliphatic heterocycles. The van der Waals surface area contributed by atoms with Gasteiger partial charge in [-0.25, -0.2) is 9.79 Å². The fourth-order valence-electron chi connectivity index (χ4n) is 4.75. The first-order chi connectivity index (χ1) is 19.5. The topological polar surface area (TPSA) is 88.4 Å². The normalized spacial score (nSPS) is 16.0. The number of halogens is 1. The van der Waals surface area contributed by atoms with Crippen molar-refractivity contribution in [2.24, 2.45) is 4.99 Å². The monoisotopic (exact) mass is 574 g/mol. The molecule has 1 atom stereocenters. The number of ether oxygens (including phenoxy) is 4. The summed E-state index contributed by atoms with van der Waals surface area (Å²) in [6.07, 6.45) is 1.70. The first-order valence-electron chi connectivity index (χ1n) is 12.5. The predicted molar refractivity (Wildman–Crippen MR) is 152 cm³/mol. The van der Waals surface area contributed by atoms with Crippen molar-refractivity contribution in [2.45, 2.75) is 13.0 Å². The van der Waals surface area contributed by atoms with Crippen molar-refractivity contribution >= 4 is 40.7 Å². The lowest BCUT2D eigenvalue weighted by atomic mass is 9.93. The van der Waals surface area contributed by atoms with Crippen LogP contribution in [0.3, 0.4) is 0 Å². The highest BCUT2D eigenvalue weighted by molar-refractivity contribution is 7.07. The Bertz CT molecular complexity index is 1840. The van der Waals surface area contributed by atoms with Gasteiger partial charge in [0.25, 0.3) is 5.56 Å². The van der Waals surface area contributed by atoms with E-state index in [0.717, 1.165) is 5.56 Å². The van der Waals surface area contributed by atoms with Crippen molar-refractivity contribution in [3.8, 4) is 17.2 Å². The second-order valence-electron chi connectivity index (χ2n) is 8.94. The molecule has 0 saturated heterocycles. The lowest BCUT2D eigenvalue weighted by molar-refractivity contribution is -0.138. The van der Waals surface area contributed by atoms with Crippen LogP contribution in [0.15, 0.2) is 82.1 Å². The molecule has 0 bridgehead atoms. The highest BCUT2D eigenvalue weighted by atomic mass is 35.5. The Labute approximate surface area is 238 Å². The number of methoxy groups -OCH3 is 1. The molecule has 0 radical (unpaired) electrons. The average Bonchev–Trinajstić information content (AvgIpc) is 3.56. The van der Waals surface area contributed by atoms with Gasteiger partial charge in [-0.1, -0.05) is 65.4 Å². The van der Waals surface area contributed by atoms with Crippen molar-refractivity contribution in [1.29, 1.82) is 0 Å². The molecule has 0 N–H and O–H groups in total. The van der Waals surface area contributed by atoms with Gasteiger partial charge in [-0.2, -0.15) is 0 Å². The molecule has 0 fully saturated rings. The predicted octanol–water partition coefficient (Wildman–Crippen LogP) is 4.33. The van der Waals surface area contributed by atoms with Crippen LogP contribution in [-0.4, -0.2) is 31.0 Å². The summed E-state index contributed by atoms with van der Waals surface area (Å²) in [6, 6.07) is 19.3. The van der Waals surface area contributed by atoms with Crippen LogP contribution in [0.4, 0.5) is 0 Å². The van der Waals surface area contributed by atoms with E-state index in [2.05, 4.69) is 0 Å². The highest BCUT2D eigenvalue weighted by Gasteiger charge is 2.35. The zero-order valence-corrected chi connectivity index (χ0v) is 23.1. The summed E-state index contributed by atoms with van der Waals surface area (Å²) in [7, 11) is 1.57. The van der Waals surface area contributed by atoms with E-state index < -0.39 is 12.0 Å². The number of hydrogen-bond acceptors (Lipinski definition) is 8. The fraction of sp³-hybridized carbons (Fsp3) is 0.167. The number of carbonyl (C=O) groups is 1. The van der Waals surface area contributed by atoms with E-state index in [1.54, 1.807) is 38.3 Å². The zero-order chi connectivity index (χ0) is 27.8. The van der Waals surface area contributed by atoms with Gasteiger partial charge in [0.2, 0.25) is 6.79 Å². The molecule has 0 spiro atoms. The Morgan fingerprint density at radius 1 is 1.12 bits per heavy atom. The Balaban J connectivity index is 1.64. The van der Waals surface area contributed by atoms with Crippen LogP contribution < -0.4 is 29.1 Å². The van der Waals surface area contributed by atoms with Gasteiger partial charge in [0.05, 0.1) is 40.6 Å². The third-order valence-electron chi connectivity index (χ3n) is 6.56. The van der Waals surface area contributed by atoms with Crippen LogP contribution in [0.25, 0.3) is 11.8 Å². The molecule has 3 heterocycles. The Kier molecular flexibility index (Phi) is 6.91. The molecular weight excluding hydrogens is 552 g/mol. The summed E-state index contributed by atoms with van der Waals surface area (Å²) in [5.41, 5.74) is 2.40. The summed E-state index contributed by atoms with van der Waals surface area (Å²) < 4.78 is 23.8. The molecule has 40 heavy (non-hydrogen) atoms. The Morgan fingerprint density at radius 3 is 2.65 bits per heavy atom. The lowest BCUT2D eigenvalue weighted by Crippen LogP contribution is -2.40. The van der Waals surface area contributed by atoms with Crippen LogP contribution in [0.5, 0.6) is 17.2 Å². The van der Waals surface area contributed by atoms with Crippen molar-refractivity contribution in [2.75, 3.05) is 20.5 Å². The van der Waals surface area contributed by atoms with Crippen LogP contribution in [0.2, 0.25) is 5.02 Å². The van der Waals surface area contributed by atoms with Crippen molar-refractivity contribution in [1.82, 2.24) is 4.57 Å². The molecular formula is C30H23ClN2O6S. The second kappa shape index (κ2) is 10.7. The van der Waals surface area contributed by atoms with Crippen LogP contribution in [0.1, 0.15) is 29.7 Å². The number of thiazole rings is 1. The number of hydrogen-bond donors (Lipinski definition) is 0. The van der Waals surface area contributed by atoms with Gasteiger partial charge >= 0.3 is 5.97 Å². The number of rotatable bonds is 6. The van der Waals surface area contributed by atoms with Gasteiger partial charge in [-0.05, 0) is 42.3 Å². The first-order valence-corrected chi connectivity index (χ1v) is 13.7. The standard InChI is InChI=1S/C30H23ClN2O6S/c1-3-37-29(35)25-26(17-8-5-4-6-9-17)32-30-33(27(25)18-10-7-11-20(12-18)36-2)28(34)24(40-30)14-19-13-22-23(15-21(19)31)39-16-38-22/h4-15,27H,3,16H2,1-2H3. The molecule has 10 heteroatoms. The minimum atomic E-state index is -0.810. The molecule has 1 aromatic heterocycles. The van der Waals surface area contributed by atoms with E-state index in [9.17, 15) is 9.59 Å². The molecule has 0 aliphatic carbocycles. The molecule has 2 aliphatic rings. The van der Waals surface area contributed by atoms with Crippen molar-refractivity contribution < 1.29 is 23.7 Å². The molecule has 4 aromatic rings. The molecule has 1 unspecified atom stereocenters. The first kappa shape index (κ1) is 25.9. The third-order valence-corrected chi connectivity index (χ3v) is 7.87. The van der Waals surface area contributed by atoms with Crippen LogP contribution >= 0.6 is 22.9 Å². The Hall–Kier alpha value is -4.34. The lowest BCUT2D eigenvalue weighted by Gasteiger charge is -2.26. The van der Waals surface area contributed by atoms with Gasteiger partial charge in [0, 0.05) is 11.6 Å². The van der Waals surface area contributed by atoms with Gasteiger partial charge < -0.3 is 18.9 Å².